The molecule has 1 amide bonds. The Kier molecular flexibility index (Phi) is 8.08. The lowest BCUT2D eigenvalue weighted by molar-refractivity contribution is -0.114. The zero-order valence-electron chi connectivity index (χ0n) is 18.6. The molecule has 3 aromatic rings. The molecule has 0 spiro atoms. The van der Waals surface area contributed by atoms with Crippen LogP contribution in [0.25, 0.3) is 0 Å². The Labute approximate surface area is 197 Å². The van der Waals surface area contributed by atoms with Crippen LogP contribution in [0.4, 0.5) is 15.8 Å². The molecular formula is C24H25FN2O6S. The Hall–Kier alpha value is -3.63. The number of methoxy groups -OCH3 is 1. The van der Waals surface area contributed by atoms with Gasteiger partial charge in [-0.1, -0.05) is 0 Å². The van der Waals surface area contributed by atoms with Crippen LogP contribution in [-0.2, 0) is 14.8 Å². The average molecular weight is 489 g/mol. The third-order valence-electron chi connectivity index (χ3n) is 4.76. The normalized spacial score (nSPS) is 12.0. The van der Waals surface area contributed by atoms with Crippen LogP contribution in [0.5, 0.6) is 11.5 Å². The highest BCUT2D eigenvalue weighted by Crippen LogP contribution is 2.26. The van der Waals surface area contributed by atoms with E-state index in [1.165, 1.54) is 26.2 Å². The molecule has 8 nitrogen and oxygen atoms in total. The zero-order chi connectivity index (χ0) is 24.7. The van der Waals surface area contributed by atoms with Crippen molar-refractivity contribution >= 4 is 27.3 Å². The second-order valence-electron chi connectivity index (χ2n) is 7.36. The molecular weight excluding hydrogens is 463 g/mol. The summed E-state index contributed by atoms with van der Waals surface area (Å²) in [4.78, 5) is 11.0. The number of hydrogen-bond donors (Lipinski definition) is 2. The van der Waals surface area contributed by atoms with Gasteiger partial charge in [0.15, 0.2) is 0 Å². The van der Waals surface area contributed by atoms with Crippen molar-refractivity contribution in [2.75, 3.05) is 29.9 Å². The number of benzene rings is 3. The number of amides is 1. The monoisotopic (exact) mass is 488 g/mol. The van der Waals surface area contributed by atoms with Crippen molar-refractivity contribution in [1.29, 1.82) is 0 Å². The predicted octanol–water partition coefficient (Wildman–Crippen LogP) is 3.43. The van der Waals surface area contributed by atoms with Crippen molar-refractivity contribution in [3.05, 3.63) is 78.6 Å². The van der Waals surface area contributed by atoms with Crippen molar-refractivity contribution in [3.8, 4) is 11.5 Å². The van der Waals surface area contributed by atoms with Crippen LogP contribution in [-0.4, -0.2) is 45.8 Å². The first-order valence-corrected chi connectivity index (χ1v) is 11.7. The smallest absolute Gasteiger partial charge is 0.264 e. The van der Waals surface area contributed by atoms with E-state index in [9.17, 15) is 22.7 Å². The third kappa shape index (κ3) is 6.46. The first-order valence-electron chi connectivity index (χ1n) is 10.3. The fraction of sp³-hybridized carbons (Fsp3) is 0.208. The number of rotatable bonds is 10. The fourth-order valence-electron chi connectivity index (χ4n) is 3.10. The summed E-state index contributed by atoms with van der Waals surface area (Å²) < 4.78 is 51.7. The molecule has 0 saturated heterocycles. The number of hydrogen-bond acceptors (Lipinski definition) is 6. The van der Waals surface area contributed by atoms with E-state index in [0.29, 0.717) is 22.9 Å². The highest BCUT2D eigenvalue weighted by atomic mass is 32.2. The van der Waals surface area contributed by atoms with Gasteiger partial charge in [0.25, 0.3) is 10.0 Å². The fourth-order valence-corrected chi connectivity index (χ4v) is 4.60. The molecule has 1 atom stereocenters. The number of nitrogens with zero attached hydrogens (tertiary/aromatic N) is 1. The molecule has 2 N–H and O–H groups in total. The first-order chi connectivity index (χ1) is 16.2. The molecule has 0 aliphatic carbocycles. The van der Waals surface area contributed by atoms with Crippen LogP contribution in [0.2, 0.25) is 0 Å². The van der Waals surface area contributed by atoms with E-state index in [1.54, 1.807) is 48.5 Å². The molecule has 0 heterocycles. The van der Waals surface area contributed by atoms with Crippen LogP contribution in [0.15, 0.2) is 77.7 Å². The number of halogens is 1. The second-order valence-corrected chi connectivity index (χ2v) is 9.22. The van der Waals surface area contributed by atoms with Crippen LogP contribution >= 0.6 is 0 Å². The Morgan fingerprint density at radius 1 is 1.00 bits per heavy atom. The largest absolute Gasteiger partial charge is 0.497 e. The number of aliphatic hydroxyl groups is 1. The van der Waals surface area contributed by atoms with Crippen molar-refractivity contribution in [1.82, 2.24) is 0 Å². The number of carbonyl (C=O) groups excluding carboxylic acids is 1. The highest BCUT2D eigenvalue weighted by molar-refractivity contribution is 7.92. The summed E-state index contributed by atoms with van der Waals surface area (Å²) in [5, 5.41) is 13.2. The minimum Gasteiger partial charge on any atom is -0.497 e. The molecule has 0 aliphatic rings. The van der Waals surface area contributed by atoms with Gasteiger partial charge in [0.2, 0.25) is 5.91 Å². The number of anilines is 2. The highest BCUT2D eigenvalue weighted by Gasteiger charge is 2.27. The number of sulfonamides is 1. The number of carbonyl (C=O) groups is 1. The van der Waals surface area contributed by atoms with Gasteiger partial charge >= 0.3 is 0 Å². The maximum Gasteiger partial charge on any atom is 0.264 e. The molecule has 0 saturated carbocycles. The number of ether oxygens (including phenoxy) is 2. The molecule has 1 unspecified atom stereocenters. The predicted molar refractivity (Wildman–Crippen MR) is 126 cm³/mol. The number of aliphatic hydroxyl groups excluding tert-OH is 1. The van der Waals surface area contributed by atoms with E-state index in [0.717, 1.165) is 16.4 Å². The van der Waals surface area contributed by atoms with E-state index >= 15 is 0 Å². The van der Waals surface area contributed by atoms with Gasteiger partial charge in [-0.3, -0.25) is 9.10 Å². The molecule has 0 bridgehead atoms. The van der Waals surface area contributed by atoms with Crippen LogP contribution in [0.1, 0.15) is 6.92 Å². The van der Waals surface area contributed by atoms with Crippen LogP contribution in [0.3, 0.4) is 0 Å². The van der Waals surface area contributed by atoms with Gasteiger partial charge in [0, 0.05) is 12.6 Å². The maximum atomic E-state index is 13.3. The lowest BCUT2D eigenvalue weighted by atomic mass is 10.2. The van der Waals surface area contributed by atoms with E-state index in [1.807, 2.05) is 0 Å². The van der Waals surface area contributed by atoms with E-state index in [-0.39, 0.29) is 24.0 Å². The second kappa shape index (κ2) is 11.0. The lowest BCUT2D eigenvalue weighted by Gasteiger charge is -2.27. The van der Waals surface area contributed by atoms with Crippen molar-refractivity contribution in [2.24, 2.45) is 0 Å². The Bertz CT molecular complexity index is 1200. The van der Waals surface area contributed by atoms with Crippen molar-refractivity contribution in [3.63, 3.8) is 0 Å². The topological polar surface area (TPSA) is 105 Å². The first kappa shape index (κ1) is 25.0. The summed E-state index contributed by atoms with van der Waals surface area (Å²) in [6, 6.07) is 17.3. The third-order valence-corrected chi connectivity index (χ3v) is 6.56. The minimum absolute atomic E-state index is 0.119. The summed E-state index contributed by atoms with van der Waals surface area (Å²) in [5.41, 5.74) is 0.889. The van der Waals surface area contributed by atoms with E-state index < -0.39 is 21.9 Å². The van der Waals surface area contributed by atoms with Gasteiger partial charge in [0.1, 0.15) is 30.0 Å². The van der Waals surface area contributed by atoms with Crippen molar-refractivity contribution < 1.29 is 32.2 Å². The van der Waals surface area contributed by atoms with Gasteiger partial charge in [-0.2, -0.15) is 0 Å². The van der Waals surface area contributed by atoms with Crippen LogP contribution in [0, 0.1) is 5.82 Å². The minimum atomic E-state index is -4.12. The van der Waals surface area contributed by atoms with E-state index in [4.69, 9.17) is 9.47 Å². The molecule has 10 heteroatoms. The molecule has 0 radical (unpaired) electrons. The molecule has 3 aromatic carbocycles. The summed E-state index contributed by atoms with van der Waals surface area (Å²) in [5.74, 6) is 0.206. The van der Waals surface area contributed by atoms with Gasteiger partial charge in [-0.25, -0.2) is 12.8 Å². The van der Waals surface area contributed by atoms with Gasteiger partial charge < -0.3 is 19.9 Å². The summed E-state index contributed by atoms with van der Waals surface area (Å²) in [7, 11) is -2.62. The van der Waals surface area contributed by atoms with Gasteiger partial charge in [-0.15, -0.1) is 0 Å². The number of nitrogens with one attached hydrogen (secondary N) is 1. The molecule has 0 aliphatic heterocycles. The zero-order valence-corrected chi connectivity index (χ0v) is 19.5. The van der Waals surface area contributed by atoms with E-state index in [2.05, 4.69) is 5.32 Å². The molecule has 3 rings (SSSR count). The summed E-state index contributed by atoms with van der Waals surface area (Å²) in [6.07, 6.45) is -1.19. The summed E-state index contributed by atoms with van der Waals surface area (Å²) >= 11 is 0. The van der Waals surface area contributed by atoms with Crippen LogP contribution < -0.4 is 19.1 Å². The molecule has 34 heavy (non-hydrogen) atoms. The Balaban J connectivity index is 1.77. The Morgan fingerprint density at radius 2 is 1.59 bits per heavy atom. The lowest BCUT2D eigenvalue weighted by Crippen LogP contribution is -2.39. The van der Waals surface area contributed by atoms with Crippen molar-refractivity contribution in [2.45, 2.75) is 17.9 Å². The molecule has 0 aromatic heterocycles. The SMILES string of the molecule is COc1ccc(N(CC(O)COc2ccc(NC(C)=O)cc2)S(=O)(=O)c2ccc(F)cc2)cc1. The quantitative estimate of drug-likeness (QED) is 0.453. The van der Waals surface area contributed by atoms with Gasteiger partial charge in [-0.05, 0) is 72.8 Å². The maximum absolute atomic E-state index is 13.3. The standard InChI is InChI=1S/C24H25FN2O6S/c1-17(28)26-19-5-9-23(10-6-19)33-16-21(29)15-27(20-7-11-22(32-2)12-8-20)34(30,31)24-13-3-18(25)4-14-24/h3-14,21,29H,15-16H2,1-2H3,(H,26,28). The summed E-state index contributed by atoms with van der Waals surface area (Å²) in [6.45, 7) is 0.899. The van der Waals surface area contributed by atoms with Gasteiger partial charge in [0.05, 0.1) is 24.2 Å². The average Bonchev–Trinajstić information content (AvgIpc) is 2.82. The Morgan fingerprint density at radius 3 is 2.15 bits per heavy atom. The molecule has 180 valence electrons. The molecule has 0 fully saturated rings.